The summed E-state index contributed by atoms with van der Waals surface area (Å²) in [5.41, 5.74) is 15.1. The number of carbonyl (C=O) groups excluding carboxylic acids is 2. The average molecular weight is 710 g/mol. The Kier molecular flexibility index (Phi) is 13.2. The number of nitrogens with zero attached hydrogens (tertiary/aromatic N) is 8. The summed E-state index contributed by atoms with van der Waals surface area (Å²) in [6, 6.07) is 13.0. The van der Waals surface area contributed by atoms with E-state index in [1.165, 1.54) is 22.3 Å². The molecule has 2 aromatic carbocycles. The van der Waals surface area contributed by atoms with Gasteiger partial charge in [-0.25, -0.2) is 0 Å². The number of rotatable bonds is 4. The monoisotopic (exact) mass is 709 g/mol. The Morgan fingerprint density at radius 1 is 0.667 bits per heavy atom. The van der Waals surface area contributed by atoms with Crippen LogP contribution >= 0.6 is 12.4 Å². The van der Waals surface area contributed by atoms with Crippen LogP contribution in [0.15, 0.2) is 36.7 Å². The molecule has 12 heteroatoms. The van der Waals surface area contributed by atoms with Crippen molar-refractivity contribution < 1.29 is 9.59 Å². The van der Waals surface area contributed by atoms with Crippen LogP contribution in [0.4, 0.5) is 11.4 Å². The number of anilines is 2. The molecule has 2 aliphatic rings. The third kappa shape index (κ3) is 8.50. The zero-order chi connectivity index (χ0) is 35.9. The summed E-state index contributed by atoms with van der Waals surface area (Å²) in [6.07, 6.45) is 5.63. The summed E-state index contributed by atoms with van der Waals surface area (Å²) in [5, 5.41) is 21.2. The number of nitriles is 2. The molecule has 51 heavy (non-hydrogen) atoms. The van der Waals surface area contributed by atoms with Crippen LogP contribution in [0, 0.1) is 50.4 Å². The molecule has 6 rings (SSSR count). The fourth-order valence-corrected chi connectivity index (χ4v) is 6.85. The molecular weight excluding hydrogens is 662 g/mol. The highest BCUT2D eigenvalue weighted by atomic mass is 35.5. The number of hydrogen-bond acceptors (Lipinski definition) is 9. The fourth-order valence-electron chi connectivity index (χ4n) is 6.85. The quantitative estimate of drug-likeness (QED) is 0.298. The highest BCUT2D eigenvalue weighted by molar-refractivity contribution is 5.96. The van der Waals surface area contributed by atoms with Crippen LogP contribution in [0.1, 0.15) is 59.6 Å². The van der Waals surface area contributed by atoms with E-state index in [2.05, 4.69) is 83.9 Å². The lowest BCUT2D eigenvalue weighted by Gasteiger charge is -2.26. The van der Waals surface area contributed by atoms with Gasteiger partial charge in [-0.1, -0.05) is 6.92 Å². The zero-order valence-electron chi connectivity index (χ0n) is 30.3. The molecule has 11 nitrogen and oxygen atoms in total. The smallest absolute Gasteiger partial charge is 0.236 e. The molecule has 0 spiro atoms. The van der Waals surface area contributed by atoms with Gasteiger partial charge >= 0.3 is 0 Å². The van der Waals surface area contributed by atoms with Gasteiger partial charge < -0.3 is 25.3 Å². The van der Waals surface area contributed by atoms with Crippen molar-refractivity contribution in [3.8, 4) is 12.1 Å². The van der Waals surface area contributed by atoms with Crippen LogP contribution < -0.4 is 15.5 Å². The molecule has 0 saturated carbocycles. The third-order valence-electron chi connectivity index (χ3n) is 9.96. The van der Waals surface area contributed by atoms with Crippen molar-refractivity contribution in [2.75, 3.05) is 68.7 Å². The lowest BCUT2D eigenvalue weighted by atomic mass is 10.0. The predicted molar refractivity (Wildman–Crippen MR) is 205 cm³/mol. The zero-order valence-corrected chi connectivity index (χ0v) is 31.1. The number of carbonyl (C=O) groups is 2. The molecule has 268 valence electrons. The van der Waals surface area contributed by atoms with Crippen molar-refractivity contribution in [3.05, 3.63) is 70.0 Å². The first-order valence-electron chi connectivity index (χ1n) is 17.5. The number of fused-ring (bicyclic) bond motifs is 2. The average Bonchev–Trinajstić information content (AvgIpc) is 3.53. The van der Waals surface area contributed by atoms with Gasteiger partial charge in [-0.2, -0.15) is 10.5 Å². The highest BCUT2D eigenvalue weighted by Crippen LogP contribution is 2.33. The maximum atomic E-state index is 12.0. The number of pyridine rings is 2. The van der Waals surface area contributed by atoms with E-state index in [0.717, 1.165) is 72.2 Å². The molecule has 2 amide bonds. The Morgan fingerprint density at radius 3 is 1.47 bits per heavy atom. The molecule has 0 bridgehead atoms. The van der Waals surface area contributed by atoms with Gasteiger partial charge in [0.25, 0.3) is 0 Å². The van der Waals surface area contributed by atoms with Gasteiger partial charge in [-0.3, -0.25) is 19.6 Å². The Balaban J connectivity index is 0.000000224. The number of benzene rings is 2. The minimum absolute atomic E-state index is 0. The fraction of sp³-hybridized carbons (Fsp3) is 0.436. The van der Waals surface area contributed by atoms with E-state index in [4.69, 9.17) is 5.73 Å². The first-order chi connectivity index (χ1) is 24.1. The normalized spacial score (nSPS) is 14.8. The van der Waals surface area contributed by atoms with Crippen LogP contribution in [-0.4, -0.2) is 90.5 Å². The summed E-state index contributed by atoms with van der Waals surface area (Å²) in [7, 11) is 0. The van der Waals surface area contributed by atoms with Crippen LogP contribution in [0.25, 0.3) is 21.8 Å². The Bertz CT molecular complexity index is 1860. The molecule has 2 aromatic heterocycles. The molecule has 0 radical (unpaired) electrons. The number of aromatic nitrogens is 2. The summed E-state index contributed by atoms with van der Waals surface area (Å²) >= 11 is 0. The second-order valence-electron chi connectivity index (χ2n) is 13.2. The topological polar surface area (TPSA) is 146 Å². The van der Waals surface area contributed by atoms with E-state index in [0.29, 0.717) is 43.7 Å². The number of hydrogen-bond donors (Lipinski definition) is 1. The number of halogens is 1. The molecular formula is C39H48ClN9O2. The second-order valence-corrected chi connectivity index (χ2v) is 13.2. The molecule has 4 heterocycles. The van der Waals surface area contributed by atoms with Gasteiger partial charge in [0, 0.05) is 81.9 Å². The summed E-state index contributed by atoms with van der Waals surface area (Å²) < 4.78 is 0. The summed E-state index contributed by atoms with van der Waals surface area (Å²) in [4.78, 5) is 41.1. The second kappa shape index (κ2) is 17.3. The van der Waals surface area contributed by atoms with Crippen molar-refractivity contribution in [3.63, 3.8) is 0 Å². The van der Waals surface area contributed by atoms with E-state index in [9.17, 15) is 20.1 Å². The van der Waals surface area contributed by atoms with E-state index in [1.54, 1.807) is 12.4 Å². The van der Waals surface area contributed by atoms with Gasteiger partial charge in [-0.15, -0.1) is 12.4 Å². The maximum absolute atomic E-state index is 12.0. The van der Waals surface area contributed by atoms with Crippen molar-refractivity contribution in [2.24, 2.45) is 5.73 Å². The minimum Gasteiger partial charge on any atom is -0.368 e. The lowest BCUT2D eigenvalue weighted by Crippen LogP contribution is -2.38. The van der Waals surface area contributed by atoms with Crippen LogP contribution in [0.5, 0.6) is 0 Å². The summed E-state index contributed by atoms with van der Waals surface area (Å²) in [5.74, 6) is 0.182. The van der Waals surface area contributed by atoms with Crippen molar-refractivity contribution in [1.82, 2.24) is 19.8 Å². The van der Waals surface area contributed by atoms with E-state index >= 15 is 0 Å². The molecule has 2 N–H and O–H groups in total. The standard InChI is InChI=1S/C20H24N4O.C19H23N5O.ClH/c1-4-19(25)23-6-5-7-24(9-8-23)20-16(12-21)13-22-18-11-15(3)14(2)10-17(18)20;1-13-8-16-17(9-14(13)2)22-12-15(10-20)19(16)24-5-3-4-23(6-7-24)18(25)11-21;/h10-11,13H,4-9H2,1-3H3;8-9,12H,3-7,11,21H2,1-2H3;1H. The molecule has 0 atom stereocenters. The molecule has 2 saturated heterocycles. The van der Waals surface area contributed by atoms with Crippen molar-refractivity contribution >= 4 is 57.4 Å². The molecule has 0 aliphatic carbocycles. The third-order valence-corrected chi connectivity index (χ3v) is 9.96. The number of aryl methyl sites for hydroxylation is 4. The molecule has 4 aromatic rings. The Labute approximate surface area is 307 Å². The highest BCUT2D eigenvalue weighted by Gasteiger charge is 2.24. The first kappa shape index (κ1) is 38.8. The Hall–Kier alpha value is -4.97. The van der Waals surface area contributed by atoms with Gasteiger partial charge in [0.05, 0.1) is 40.1 Å². The van der Waals surface area contributed by atoms with Gasteiger partial charge in [0.1, 0.15) is 12.1 Å². The molecule has 2 aliphatic heterocycles. The minimum atomic E-state index is -0.0200. The van der Waals surface area contributed by atoms with Crippen molar-refractivity contribution in [2.45, 2.75) is 53.9 Å². The van der Waals surface area contributed by atoms with Gasteiger partial charge in [0.15, 0.2) is 0 Å². The van der Waals surface area contributed by atoms with Crippen LogP contribution in [0.3, 0.4) is 0 Å². The number of nitrogens with two attached hydrogens (primary N) is 1. The van der Waals surface area contributed by atoms with E-state index < -0.39 is 0 Å². The van der Waals surface area contributed by atoms with Crippen LogP contribution in [0.2, 0.25) is 0 Å². The SMILES string of the molecule is CCC(=O)N1CCCN(c2c(C#N)cnc3cc(C)c(C)cc23)CC1.Cc1cc2ncc(C#N)c(N3CCCN(C(=O)CN)CC3)c2cc1C.Cl. The van der Waals surface area contributed by atoms with Gasteiger partial charge in [-0.05, 0) is 87.1 Å². The maximum Gasteiger partial charge on any atom is 0.236 e. The number of amides is 2. The molecule has 0 unspecified atom stereocenters. The lowest BCUT2D eigenvalue weighted by molar-refractivity contribution is -0.131. The van der Waals surface area contributed by atoms with E-state index in [-0.39, 0.29) is 30.8 Å². The molecule has 2 fully saturated rings. The van der Waals surface area contributed by atoms with Gasteiger partial charge in [0.2, 0.25) is 11.8 Å². The first-order valence-corrected chi connectivity index (χ1v) is 17.5. The van der Waals surface area contributed by atoms with Crippen LogP contribution in [-0.2, 0) is 9.59 Å². The predicted octanol–water partition coefficient (Wildman–Crippen LogP) is 5.31. The Morgan fingerprint density at radius 2 is 1.08 bits per heavy atom. The van der Waals surface area contributed by atoms with E-state index in [1.807, 2.05) is 16.7 Å². The van der Waals surface area contributed by atoms with Crippen molar-refractivity contribution in [1.29, 1.82) is 10.5 Å². The largest absolute Gasteiger partial charge is 0.368 e. The summed E-state index contributed by atoms with van der Waals surface area (Å²) in [6.45, 7) is 16.1.